The highest BCUT2D eigenvalue weighted by atomic mass is 16.5. The maximum absolute atomic E-state index is 9.48. The molecule has 0 amide bonds. The second-order valence-electron chi connectivity index (χ2n) is 3.79. The van der Waals surface area contributed by atoms with Gasteiger partial charge in [-0.1, -0.05) is 38.1 Å². The quantitative estimate of drug-likeness (QED) is 0.750. The first-order valence-electron chi connectivity index (χ1n) is 5.22. The molecule has 0 saturated carbocycles. The van der Waals surface area contributed by atoms with Crippen LogP contribution in [0, 0.1) is 5.92 Å². The molecule has 0 heterocycles. The Kier molecular flexibility index (Phi) is 4.91. The topological polar surface area (TPSA) is 29.5 Å². The molecule has 0 spiro atoms. The van der Waals surface area contributed by atoms with E-state index in [-0.39, 0.29) is 12.0 Å². The molecule has 0 aliphatic heterocycles. The standard InChI is InChI=1S/C13H18O2/c1-11(2)13(14)9-6-10-15-12-7-4-3-5-8-12/h3-9,11,13-14H,10H2,1-2H3/b9-6+. The summed E-state index contributed by atoms with van der Waals surface area (Å²) in [7, 11) is 0. The van der Waals surface area contributed by atoms with Crippen molar-refractivity contribution in [1.29, 1.82) is 0 Å². The average Bonchev–Trinajstić information content (AvgIpc) is 2.25. The summed E-state index contributed by atoms with van der Waals surface area (Å²) in [5.74, 6) is 1.10. The first-order chi connectivity index (χ1) is 7.20. The van der Waals surface area contributed by atoms with Crippen molar-refractivity contribution in [2.45, 2.75) is 20.0 Å². The SMILES string of the molecule is CC(C)C(O)/C=C/COc1ccccc1. The van der Waals surface area contributed by atoms with E-state index in [1.807, 2.05) is 50.3 Å². The van der Waals surface area contributed by atoms with Crippen LogP contribution in [0.15, 0.2) is 42.5 Å². The third-order valence-electron chi connectivity index (χ3n) is 2.11. The van der Waals surface area contributed by atoms with Gasteiger partial charge in [-0.15, -0.1) is 0 Å². The molecule has 2 heteroatoms. The fraction of sp³-hybridized carbons (Fsp3) is 0.385. The predicted octanol–water partition coefficient (Wildman–Crippen LogP) is 2.64. The van der Waals surface area contributed by atoms with Crippen molar-refractivity contribution >= 4 is 0 Å². The second kappa shape index (κ2) is 6.25. The third kappa shape index (κ3) is 4.66. The number of ether oxygens (including phenoxy) is 1. The largest absolute Gasteiger partial charge is 0.490 e. The number of hydrogen-bond donors (Lipinski definition) is 1. The molecule has 1 unspecified atom stereocenters. The minimum atomic E-state index is -0.385. The van der Waals surface area contributed by atoms with Crippen molar-refractivity contribution in [1.82, 2.24) is 0 Å². The van der Waals surface area contributed by atoms with Crippen LogP contribution in [-0.4, -0.2) is 17.8 Å². The number of aliphatic hydroxyl groups is 1. The monoisotopic (exact) mass is 206 g/mol. The lowest BCUT2D eigenvalue weighted by Crippen LogP contribution is -2.11. The number of benzene rings is 1. The van der Waals surface area contributed by atoms with Crippen LogP contribution in [0.3, 0.4) is 0 Å². The summed E-state index contributed by atoms with van der Waals surface area (Å²) in [4.78, 5) is 0. The van der Waals surface area contributed by atoms with Gasteiger partial charge in [-0.25, -0.2) is 0 Å². The summed E-state index contributed by atoms with van der Waals surface area (Å²) in [6, 6.07) is 9.63. The number of aliphatic hydroxyl groups excluding tert-OH is 1. The summed E-state index contributed by atoms with van der Waals surface area (Å²) >= 11 is 0. The first kappa shape index (κ1) is 11.8. The number of hydrogen-bond acceptors (Lipinski definition) is 2. The lowest BCUT2D eigenvalue weighted by atomic mass is 10.1. The zero-order chi connectivity index (χ0) is 11.1. The van der Waals surface area contributed by atoms with Crippen LogP contribution in [0.25, 0.3) is 0 Å². The fourth-order valence-corrected chi connectivity index (χ4v) is 1.08. The lowest BCUT2D eigenvalue weighted by molar-refractivity contribution is 0.171. The summed E-state index contributed by atoms with van der Waals surface area (Å²) < 4.78 is 5.44. The zero-order valence-corrected chi connectivity index (χ0v) is 9.26. The summed E-state index contributed by atoms with van der Waals surface area (Å²) in [5, 5.41) is 9.48. The molecule has 1 rings (SSSR count). The van der Waals surface area contributed by atoms with Crippen molar-refractivity contribution < 1.29 is 9.84 Å². The molecule has 1 N–H and O–H groups in total. The number of para-hydroxylation sites is 1. The predicted molar refractivity (Wildman–Crippen MR) is 61.9 cm³/mol. The summed E-state index contributed by atoms with van der Waals surface area (Å²) in [6.45, 7) is 4.45. The van der Waals surface area contributed by atoms with Gasteiger partial charge in [0.2, 0.25) is 0 Å². The molecule has 0 aliphatic rings. The van der Waals surface area contributed by atoms with Gasteiger partial charge in [0.25, 0.3) is 0 Å². The van der Waals surface area contributed by atoms with E-state index in [1.54, 1.807) is 6.08 Å². The van der Waals surface area contributed by atoms with Gasteiger partial charge < -0.3 is 9.84 Å². The van der Waals surface area contributed by atoms with Gasteiger partial charge >= 0.3 is 0 Å². The maximum Gasteiger partial charge on any atom is 0.119 e. The minimum Gasteiger partial charge on any atom is -0.490 e. The molecule has 0 aliphatic carbocycles. The van der Waals surface area contributed by atoms with Gasteiger partial charge in [0.05, 0.1) is 6.10 Å². The van der Waals surface area contributed by atoms with Crippen molar-refractivity contribution in [2.24, 2.45) is 5.92 Å². The Hall–Kier alpha value is -1.28. The van der Waals surface area contributed by atoms with Crippen LogP contribution >= 0.6 is 0 Å². The summed E-state index contributed by atoms with van der Waals surface area (Å²) in [6.07, 6.45) is 3.23. The van der Waals surface area contributed by atoms with Crippen LogP contribution in [0.2, 0.25) is 0 Å². The molecule has 82 valence electrons. The van der Waals surface area contributed by atoms with Crippen LogP contribution < -0.4 is 4.74 Å². The van der Waals surface area contributed by atoms with Gasteiger partial charge in [0.15, 0.2) is 0 Å². The van der Waals surface area contributed by atoms with E-state index in [0.717, 1.165) is 5.75 Å². The van der Waals surface area contributed by atoms with Crippen molar-refractivity contribution in [3.8, 4) is 5.75 Å². The van der Waals surface area contributed by atoms with Gasteiger partial charge in [0.1, 0.15) is 12.4 Å². The highest BCUT2D eigenvalue weighted by Crippen LogP contribution is 2.08. The van der Waals surface area contributed by atoms with Crippen molar-refractivity contribution in [3.63, 3.8) is 0 Å². The Labute approximate surface area is 91.2 Å². The minimum absolute atomic E-state index is 0.248. The Morgan fingerprint density at radius 1 is 1.27 bits per heavy atom. The molecular weight excluding hydrogens is 188 g/mol. The first-order valence-corrected chi connectivity index (χ1v) is 5.22. The fourth-order valence-electron chi connectivity index (χ4n) is 1.08. The molecule has 0 saturated heterocycles. The van der Waals surface area contributed by atoms with Crippen LogP contribution in [0.5, 0.6) is 5.75 Å². The average molecular weight is 206 g/mol. The van der Waals surface area contributed by atoms with Gasteiger partial charge in [0, 0.05) is 0 Å². The molecule has 1 aromatic carbocycles. The molecular formula is C13H18O2. The molecule has 15 heavy (non-hydrogen) atoms. The number of rotatable bonds is 5. The third-order valence-corrected chi connectivity index (χ3v) is 2.11. The van der Waals surface area contributed by atoms with E-state index in [1.165, 1.54) is 0 Å². The van der Waals surface area contributed by atoms with Gasteiger partial charge in [-0.2, -0.15) is 0 Å². The van der Waals surface area contributed by atoms with Gasteiger partial charge in [-0.05, 0) is 24.1 Å². The Balaban J connectivity index is 2.28. The second-order valence-corrected chi connectivity index (χ2v) is 3.79. The van der Waals surface area contributed by atoms with E-state index in [0.29, 0.717) is 6.61 Å². The van der Waals surface area contributed by atoms with Crippen LogP contribution in [-0.2, 0) is 0 Å². The smallest absolute Gasteiger partial charge is 0.119 e. The van der Waals surface area contributed by atoms with E-state index in [2.05, 4.69) is 0 Å². The van der Waals surface area contributed by atoms with Crippen molar-refractivity contribution in [2.75, 3.05) is 6.61 Å². The molecule has 0 bridgehead atoms. The Morgan fingerprint density at radius 2 is 1.93 bits per heavy atom. The Morgan fingerprint density at radius 3 is 2.53 bits per heavy atom. The van der Waals surface area contributed by atoms with Crippen LogP contribution in [0.4, 0.5) is 0 Å². The van der Waals surface area contributed by atoms with Crippen molar-refractivity contribution in [3.05, 3.63) is 42.5 Å². The molecule has 1 atom stereocenters. The highest BCUT2D eigenvalue weighted by Gasteiger charge is 2.02. The molecule has 0 radical (unpaired) electrons. The normalized spacial score (nSPS) is 13.3. The van der Waals surface area contributed by atoms with E-state index >= 15 is 0 Å². The van der Waals surface area contributed by atoms with Crippen LogP contribution in [0.1, 0.15) is 13.8 Å². The van der Waals surface area contributed by atoms with E-state index in [9.17, 15) is 5.11 Å². The Bertz CT molecular complexity index is 291. The lowest BCUT2D eigenvalue weighted by Gasteiger charge is -2.08. The molecule has 1 aromatic rings. The highest BCUT2D eigenvalue weighted by molar-refractivity contribution is 5.21. The zero-order valence-electron chi connectivity index (χ0n) is 9.26. The van der Waals surface area contributed by atoms with E-state index in [4.69, 9.17) is 4.74 Å². The maximum atomic E-state index is 9.48. The molecule has 0 fully saturated rings. The molecule has 0 aromatic heterocycles. The van der Waals surface area contributed by atoms with Gasteiger partial charge in [-0.3, -0.25) is 0 Å². The molecule has 2 nitrogen and oxygen atoms in total. The summed E-state index contributed by atoms with van der Waals surface area (Å²) in [5.41, 5.74) is 0. The van der Waals surface area contributed by atoms with E-state index < -0.39 is 0 Å².